The van der Waals surface area contributed by atoms with Gasteiger partial charge >= 0.3 is 0 Å². The van der Waals surface area contributed by atoms with E-state index in [1.165, 1.54) is 0 Å². The highest BCUT2D eigenvalue weighted by Crippen LogP contribution is 2.26. The van der Waals surface area contributed by atoms with Gasteiger partial charge in [-0.3, -0.25) is 14.7 Å². The summed E-state index contributed by atoms with van der Waals surface area (Å²) >= 11 is 0. The van der Waals surface area contributed by atoms with Gasteiger partial charge in [-0.2, -0.15) is 0 Å². The number of benzene rings is 1. The Morgan fingerprint density at radius 3 is 2.44 bits per heavy atom. The summed E-state index contributed by atoms with van der Waals surface area (Å²) in [6.07, 6.45) is 0.117. The van der Waals surface area contributed by atoms with Gasteiger partial charge in [0, 0.05) is 23.6 Å². The summed E-state index contributed by atoms with van der Waals surface area (Å²) in [5.41, 5.74) is 7.28. The van der Waals surface area contributed by atoms with Gasteiger partial charge in [0.05, 0.1) is 0 Å². The van der Waals surface area contributed by atoms with Gasteiger partial charge in [-0.05, 0) is 12.5 Å². The van der Waals surface area contributed by atoms with Crippen molar-refractivity contribution in [3.8, 4) is 0 Å². The second-order valence-corrected chi connectivity index (χ2v) is 4.25. The second kappa shape index (κ2) is 4.91. The fourth-order valence-corrected chi connectivity index (χ4v) is 2.15. The number of H-pyrrole nitrogens is 2. The summed E-state index contributed by atoms with van der Waals surface area (Å²) < 4.78 is 0. The molecule has 0 aliphatic carbocycles. The lowest BCUT2D eigenvalue weighted by atomic mass is 9.88. The largest absolute Gasteiger partial charge is 0.370 e. The number of nitrogens with one attached hydrogen (secondary N) is 2. The van der Waals surface area contributed by atoms with Crippen molar-refractivity contribution in [3.05, 3.63) is 57.5 Å². The number of carbonyl (C=O) groups is 1. The molecule has 4 N–H and O–H groups in total. The Kier molecular flexibility index (Phi) is 3.32. The Morgan fingerprint density at radius 2 is 1.94 bits per heavy atom. The van der Waals surface area contributed by atoms with Gasteiger partial charge in [0.15, 0.2) is 0 Å². The van der Waals surface area contributed by atoms with Crippen molar-refractivity contribution in [3.63, 3.8) is 0 Å². The summed E-state index contributed by atoms with van der Waals surface area (Å²) in [6.45, 7) is 1.80. The van der Waals surface area contributed by atoms with E-state index in [2.05, 4.69) is 10.2 Å². The van der Waals surface area contributed by atoms with Gasteiger partial charge < -0.3 is 10.8 Å². The first-order chi connectivity index (χ1) is 8.59. The number of hydrogen-bond acceptors (Lipinski definition) is 2. The molecular weight excluding hydrogens is 230 g/mol. The minimum atomic E-state index is -0.427. The first kappa shape index (κ1) is 12.2. The molecule has 1 aromatic carbocycles. The van der Waals surface area contributed by atoms with Gasteiger partial charge in [0.2, 0.25) is 5.91 Å². The lowest BCUT2D eigenvalue weighted by Crippen LogP contribution is -2.20. The van der Waals surface area contributed by atoms with Crippen LogP contribution in [0.25, 0.3) is 0 Å². The van der Waals surface area contributed by atoms with Gasteiger partial charge in [0.25, 0.3) is 5.56 Å². The fourth-order valence-electron chi connectivity index (χ4n) is 2.15. The Morgan fingerprint density at radius 1 is 1.28 bits per heavy atom. The number of nitrogens with two attached hydrogens (primary N) is 1. The van der Waals surface area contributed by atoms with Crippen LogP contribution in [-0.4, -0.2) is 16.1 Å². The van der Waals surface area contributed by atoms with Crippen LogP contribution in [0.15, 0.2) is 35.1 Å². The highest BCUT2D eigenvalue weighted by molar-refractivity contribution is 5.75. The van der Waals surface area contributed by atoms with Crippen molar-refractivity contribution in [2.45, 2.75) is 19.3 Å². The Labute approximate surface area is 104 Å². The van der Waals surface area contributed by atoms with Gasteiger partial charge in [-0.25, -0.2) is 0 Å². The smallest absolute Gasteiger partial charge is 0.267 e. The van der Waals surface area contributed by atoms with E-state index in [-0.39, 0.29) is 17.9 Å². The third kappa shape index (κ3) is 2.34. The average molecular weight is 245 g/mol. The first-order valence-corrected chi connectivity index (χ1v) is 5.70. The van der Waals surface area contributed by atoms with Crippen LogP contribution in [0.1, 0.15) is 29.2 Å². The predicted octanol–water partition coefficient (Wildman–Crippen LogP) is 1.02. The maximum Gasteiger partial charge on any atom is 0.267 e. The standard InChI is InChI=1S/C13H15N3O2/c1-8-12(13(18)16-15-8)10(7-11(14)17)9-5-3-2-4-6-9/h2-6,10H,7H2,1H3,(H2,14,17)(H2,15,16,18)/t10-/m0/s1. The zero-order chi connectivity index (χ0) is 13.1. The van der Waals surface area contributed by atoms with E-state index >= 15 is 0 Å². The number of hydrogen-bond donors (Lipinski definition) is 3. The third-order valence-corrected chi connectivity index (χ3v) is 2.97. The molecule has 5 nitrogen and oxygen atoms in total. The first-order valence-electron chi connectivity index (χ1n) is 5.70. The van der Waals surface area contributed by atoms with Crippen LogP contribution in [0.2, 0.25) is 0 Å². The van der Waals surface area contributed by atoms with E-state index in [0.717, 1.165) is 11.3 Å². The van der Waals surface area contributed by atoms with Crippen LogP contribution in [0.5, 0.6) is 0 Å². The number of carbonyl (C=O) groups excluding carboxylic acids is 1. The summed E-state index contributed by atoms with van der Waals surface area (Å²) in [5, 5.41) is 5.30. The molecule has 0 bridgehead atoms. The Hall–Kier alpha value is -2.30. The van der Waals surface area contributed by atoms with Crippen LogP contribution in [0.4, 0.5) is 0 Å². The molecule has 0 radical (unpaired) electrons. The summed E-state index contributed by atoms with van der Waals surface area (Å²) in [5.74, 6) is -0.734. The van der Waals surface area contributed by atoms with Crippen molar-refractivity contribution in [1.29, 1.82) is 0 Å². The van der Waals surface area contributed by atoms with E-state index in [1.54, 1.807) is 6.92 Å². The molecule has 1 heterocycles. The SMILES string of the molecule is Cc1[nH][nH]c(=O)c1[C@@H](CC(N)=O)c1ccccc1. The van der Waals surface area contributed by atoms with E-state index < -0.39 is 5.91 Å². The van der Waals surface area contributed by atoms with E-state index in [1.807, 2.05) is 30.3 Å². The molecule has 1 amide bonds. The molecular formula is C13H15N3O2. The zero-order valence-electron chi connectivity index (χ0n) is 10.1. The van der Waals surface area contributed by atoms with E-state index in [9.17, 15) is 9.59 Å². The van der Waals surface area contributed by atoms with Crippen molar-refractivity contribution in [2.75, 3.05) is 0 Å². The fraction of sp³-hybridized carbons (Fsp3) is 0.231. The molecule has 0 aliphatic rings. The quantitative estimate of drug-likeness (QED) is 0.750. The summed E-state index contributed by atoms with van der Waals surface area (Å²) in [6, 6.07) is 9.41. The summed E-state index contributed by atoms with van der Waals surface area (Å²) in [7, 11) is 0. The minimum Gasteiger partial charge on any atom is -0.370 e. The van der Waals surface area contributed by atoms with Crippen LogP contribution < -0.4 is 11.3 Å². The van der Waals surface area contributed by atoms with Crippen LogP contribution >= 0.6 is 0 Å². The summed E-state index contributed by atoms with van der Waals surface area (Å²) in [4.78, 5) is 23.0. The number of aromatic amines is 2. The second-order valence-electron chi connectivity index (χ2n) is 4.25. The molecule has 0 saturated heterocycles. The normalized spacial score (nSPS) is 12.3. The molecule has 2 rings (SSSR count). The molecule has 1 aromatic heterocycles. The van der Waals surface area contributed by atoms with E-state index in [0.29, 0.717) is 5.56 Å². The van der Waals surface area contributed by atoms with Crippen molar-refractivity contribution >= 4 is 5.91 Å². The number of primary amides is 1. The topological polar surface area (TPSA) is 91.7 Å². The predicted molar refractivity (Wildman–Crippen MR) is 68.2 cm³/mol. The molecule has 2 aromatic rings. The molecule has 1 atom stereocenters. The average Bonchev–Trinajstić information content (AvgIpc) is 2.67. The molecule has 18 heavy (non-hydrogen) atoms. The minimum absolute atomic E-state index is 0.117. The van der Waals surface area contributed by atoms with Gasteiger partial charge in [-0.1, -0.05) is 30.3 Å². The van der Waals surface area contributed by atoms with Crippen LogP contribution in [-0.2, 0) is 4.79 Å². The Bertz CT molecular complexity index is 598. The van der Waals surface area contributed by atoms with Crippen molar-refractivity contribution in [2.24, 2.45) is 5.73 Å². The van der Waals surface area contributed by atoms with Gasteiger partial charge in [-0.15, -0.1) is 0 Å². The Balaban J connectivity index is 2.50. The highest BCUT2D eigenvalue weighted by Gasteiger charge is 2.22. The third-order valence-electron chi connectivity index (χ3n) is 2.97. The maximum atomic E-state index is 11.8. The molecule has 0 fully saturated rings. The molecule has 94 valence electrons. The number of aromatic nitrogens is 2. The van der Waals surface area contributed by atoms with Crippen LogP contribution in [0, 0.1) is 6.92 Å². The molecule has 0 unspecified atom stereocenters. The monoisotopic (exact) mass is 245 g/mol. The lowest BCUT2D eigenvalue weighted by Gasteiger charge is -2.14. The molecule has 0 spiro atoms. The molecule has 5 heteroatoms. The van der Waals surface area contributed by atoms with Crippen LogP contribution in [0.3, 0.4) is 0 Å². The number of aryl methyl sites for hydroxylation is 1. The highest BCUT2D eigenvalue weighted by atomic mass is 16.1. The lowest BCUT2D eigenvalue weighted by molar-refractivity contribution is -0.118. The molecule has 0 aliphatic heterocycles. The van der Waals surface area contributed by atoms with Crippen molar-refractivity contribution < 1.29 is 4.79 Å². The van der Waals surface area contributed by atoms with Crippen molar-refractivity contribution in [1.82, 2.24) is 10.2 Å². The van der Waals surface area contributed by atoms with E-state index in [4.69, 9.17) is 5.73 Å². The number of amides is 1. The maximum absolute atomic E-state index is 11.8. The molecule has 0 saturated carbocycles. The number of rotatable bonds is 4. The zero-order valence-corrected chi connectivity index (χ0v) is 10.1. The van der Waals surface area contributed by atoms with Gasteiger partial charge in [0.1, 0.15) is 0 Å².